The first-order valence-electron chi connectivity index (χ1n) is 21.8. The van der Waals surface area contributed by atoms with Crippen LogP contribution in [0.15, 0.2) is 231 Å². The third-order valence-electron chi connectivity index (χ3n) is 12.1. The molecule has 0 spiro atoms. The van der Waals surface area contributed by atoms with Crippen molar-refractivity contribution in [3.63, 3.8) is 0 Å². The van der Waals surface area contributed by atoms with Gasteiger partial charge < -0.3 is 0 Å². The van der Waals surface area contributed by atoms with Crippen LogP contribution in [-0.2, 0) is 0 Å². The van der Waals surface area contributed by atoms with Crippen LogP contribution in [0.4, 0.5) is 0 Å². The summed E-state index contributed by atoms with van der Waals surface area (Å²) in [5.41, 5.74) is 14.3. The van der Waals surface area contributed by atoms with Crippen LogP contribution in [-0.4, -0.2) is 19.9 Å². The van der Waals surface area contributed by atoms with Gasteiger partial charge in [-0.15, -0.1) is 11.3 Å². The minimum Gasteiger partial charge on any atom is -0.228 e. The van der Waals surface area contributed by atoms with Crippen molar-refractivity contribution in [2.75, 3.05) is 0 Å². The van der Waals surface area contributed by atoms with Gasteiger partial charge in [-0.25, -0.2) is 19.9 Å². The number of benzene rings is 9. The maximum absolute atomic E-state index is 5.22. The van der Waals surface area contributed by atoms with E-state index in [2.05, 4.69) is 188 Å². The molecule has 12 aromatic rings. The largest absolute Gasteiger partial charge is 0.228 e. The second-order valence-electron chi connectivity index (χ2n) is 16.2. The molecule has 0 saturated carbocycles. The molecule has 0 aliphatic carbocycles. The van der Waals surface area contributed by atoms with E-state index >= 15 is 0 Å². The number of fused-ring (bicyclic) bond motifs is 4. The van der Waals surface area contributed by atoms with Crippen molar-refractivity contribution >= 4 is 42.3 Å². The molecule has 0 N–H and O–H groups in total. The second kappa shape index (κ2) is 16.4. The van der Waals surface area contributed by atoms with Gasteiger partial charge in [-0.1, -0.05) is 200 Å². The van der Waals surface area contributed by atoms with Gasteiger partial charge in [0.2, 0.25) is 0 Å². The van der Waals surface area contributed by atoms with E-state index in [1.54, 1.807) is 0 Å². The molecule has 9 aromatic carbocycles. The molecule has 5 heteroatoms. The Kier molecular flexibility index (Phi) is 9.66. The van der Waals surface area contributed by atoms with Crippen molar-refractivity contribution < 1.29 is 0 Å². The lowest BCUT2D eigenvalue weighted by Gasteiger charge is -2.13. The SMILES string of the molecule is c1ccc(-c2cc(-c3ccccc3)nc(-c3ccc(-c4cc(-c5ccc(-c6nc(-c7ccccc7)cc(-c7cccc8ccccc78)n6)cc5)cc5sc6ccccc6c45)cc3)n2)cc1. The molecule has 304 valence electrons. The van der Waals surface area contributed by atoms with Gasteiger partial charge in [-0.05, 0) is 63.4 Å². The van der Waals surface area contributed by atoms with E-state index in [1.165, 1.54) is 36.5 Å². The molecule has 0 aliphatic heterocycles. The Balaban J connectivity index is 0.942. The number of rotatable bonds is 8. The standard InChI is InChI=1S/C60H38N4S/c1-4-16-42(17-5-1)52-37-53(43-18-6-2-7-19-43)62-59(61-52)46-33-29-41(30-34-46)51-35-47(36-57-58(51)50-24-12-13-26-56(50)65-57)39-27-31-45(32-28-39)60-63-54(44-20-8-3-9-21-44)38-55(64-60)49-25-14-22-40-15-10-11-23-48(40)49/h1-38H. The van der Waals surface area contributed by atoms with Crippen molar-refractivity contribution in [2.45, 2.75) is 0 Å². The fraction of sp³-hybridized carbons (Fsp3) is 0. The zero-order valence-corrected chi connectivity index (χ0v) is 36.0. The quantitative estimate of drug-likeness (QED) is 0.153. The first-order chi connectivity index (χ1) is 32.2. The Bertz CT molecular complexity index is 3620. The molecule has 3 aromatic heterocycles. The van der Waals surface area contributed by atoms with Crippen molar-refractivity contribution in [1.82, 2.24) is 19.9 Å². The summed E-state index contributed by atoms with van der Waals surface area (Å²) in [7, 11) is 0. The molecule has 0 fully saturated rings. The average molecular weight is 847 g/mol. The van der Waals surface area contributed by atoms with Gasteiger partial charge in [0.25, 0.3) is 0 Å². The van der Waals surface area contributed by atoms with Crippen molar-refractivity contribution in [1.29, 1.82) is 0 Å². The summed E-state index contributed by atoms with van der Waals surface area (Å²) in [6.45, 7) is 0. The third kappa shape index (κ3) is 7.34. The first-order valence-corrected chi connectivity index (χ1v) is 22.6. The van der Waals surface area contributed by atoms with E-state index in [-0.39, 0.29) is 0 Å². The van der Waals surface area contributed by atoms with E-state index in [1.807, 2.05) is 53.8 Å². The molecule has 0 bridgehead atoms. The molecule has 0 aliphatic rings. The predicted molar refractivity (Wildman–Crippen MR) is 272 cm³/mol. The maximum atomic E-state index is 5.22. The number of hydrogen-bond donors (Lipinski definition) is 0. The number of aromatic nitrogens is 4. The summed E-state index contributed by atoms with van der Waals surface area (Å²) in [4.78, 5) is 20.6. The normalized spacial score (nSPS) is 11.4. The van der Waals surface area contributed by atoms with E-state index in [9.17, 15) is 0 Å². The van der Waals surface area contributed by atoms with Gasteiger partial charge in [-0.3, -0.25) is 0 Å². The van der Waals surface area contributed by atoms with Gasteiger partial charge in [-0.2, -0.15) is 0 Å². The summed E-state index contributed by atoms with van der Waals surface area (Å²) in [6, 6.07) is 81.0. The number of thiophene rings is 1. The highest BCUT2D eigenvalue weighted by Gasteiger charge is 2.17. The third-order valence-corrected chi connectivity index (χ3v) is 13.3. The Hall–Kier alpha value is -8.38. The Morgan fingerprint density at radius 1 is 0.262 bits per heavy atom. The molecule has 3 heterocycles. The first kappa shape index (κ1) is 38.3. The fourth-order valence-corrected chi connectivity index (χ4v) is 10.0. The summed E-state index contributed by atoms with van der Waals surface area (Å²) in [6.07, 6.45) is 0. The van der Waals surface area contributed by atoms with Crippen LogP contribution in [0.25, 0.3) is 121 Å². The highest BCUT2D eigenvalue weighted by Crippen LogP contribution is 2.43. The van der Waals surface area contributed by atoms with Gasteiger partial charge in [0.1, 0.15) is 0 Å². The summed E-state index contributed by atoms with van der Waals surface area (Å²) in [5.74, 6) is 1.38. The Morgan fingerprint density at radius 2 is 0.723 bits per heavy atom. The monoisotopic (exact) mass is 846 g/mol. The zero-order chi connectivity index (χ0) is 43.1. The van der Waals surface area contributed by atoms with Gasteiger partial charge in [0, 0.05) is 53.6 Å². The molecule has 0 unspecified atom stereocenters. The second-order valence-corrected chi connectivity index (χ2v) is 17.3. The van der Waals surface area contributed by atoms with E-state index < -0.39 is 0 Å². The minimum absolute atomic E-state index is 0.691. The average Bonchev–Trinajstić information content (AvgIpc) is 3.77. The van der Waals surface area contributed by atoms with Crippen molar-refractivity contribution in [3.05, 3.63) is 231 Å². The summed E-state index contributed by atoms with van der Waals surface area (Å²) < 4.78 is 2.52. The van der Waals surface area contributed by atoms with Crippen LogP contribution >= 0.6 is 11.3 Å². The highest BCUT2D eigenvalue weighted by atomic mass is 32.1. The molecular formula is C60H38N4S. The lowest BCUT2D eigenvalue weighted by Crippen LogP contribution is -1.96. The summed E-state index contributed by atoms with van der Waals surface area (Å²) >= 11 is 1.84. The van der Waals surface area contributed by atoms with E-state index in [0.717, 1.165) is 72.8 Å². The van der Waals surface area contributed by atoms with Crippen LogP contribution in [0.1, 0.15) is 0 Å². The number of nitrogens with zero attached hydrogens (tertiary/aromatic N) is 4. The molecular weight excluding hydrogens is 809 g/mol. The van der Waals surface area contributed by atoms with E-state index in [0.29, 0.717) is 11.6 Å². The van der Waals surface area contributed by atoms with Crippen LogP contribution in [0.3, 0.4) is 0 Å². The molecule has 0 amide bonds. The molecule has 0 atom stereocenters. The maximum Gasteiger partial charge on any atom is 0.160 e. The van der Waals surface area contributed by atoms with Gasteiger partial charge in [0.05, 0.1) is 22.8 Å². The fourth-order valence-electron chi connectivity index (χ4n) is 8.87. The Labute approximate surface area is 380 Å². The number of hydrogen-bond acceptors (Lipinski definition) is 5. The lowest BCUT2D eigenvalue weighted by atomic mass is 9.93. The molecule has 4 nitrogen and oxygen atoms in total. The van der Waals surface area contributed by atoms with Crippen molar-refractivity contribution in [2.24, 2.45) is 0 Å². The van der Waals surface area contributed by atoms with E-state index in [4.69, 9.17) is 19.9 Å². The Morgan fingerprint density at radius 3 is 1.32 bits per heavy atom. The minimum atomic E-state index is 0.691. The molecule has 65 heavy (non-hydrogen) atoms. The van der Waals surface area contributed by atoms with Crippen LogP contribution < -0.4 is 0 Å². The van der Waals surface area contributed by atoms with Gasteiger partial charge >= 0.3 is 0 Å². The highest BCUT2D eigenvalue weighted by molar-refractivity contribution is 7.26. The van der Waals surface area contributed by atoms with Crippen molar-refractivity contribution in [3.8, 4) is 90.1 Å². The summed E-state index contributed by atoms with van der Waals surface area (Å²) in [5, 5.41) is 4.87. The zero-order valence-electron chi connectivity index (χ0n) is 35.1. The van der Waals surface area contributed by atoms with Crippen LogP contribution in [0, 0.1) is 0 Å². The van der Waals surface area contributed by atoms with Crippen LogP contribution in [0.2, 0.25) is 0 Å². The predicted octanol–water partition coefficient (Wildman–Crippen LogP) is 16.1. The van der Waals surface area contributed by atoms with Gasteiger partial charge in [0.15, 0.2) is 11.6 Å². The topological polar surface area (TPSA) is 51.6 Å². The molecule has 0 saturated heterocycles. The lowest BCUT2D eigenvalue weighted by molar-refractivity contribution is 1.18. The van der Waals surface area contributed by atoms with Crippen LogP contribution in [0.5, 0.6) is 0 Å². The molecule has 0 radical (unpaired) electrons. The smallest absolute Gasteiger partial charge is 0.160 e. The molecule has 12 rings (SSSR count).